The summed E-state index contributed by atoms with van der Waals surface area (Å²) in [5, 5.41) is 4.01. The molecule has 6 heteroatoms. The van der Waals surface area contributed by atoms with E-state index in [9.17, 15) is 4.79 Å². The van der Waals surface area contributed by atoms with Gasteiger partial charge in [0.15, 0.2) is 0 Å². The predicted octanol–water partition coefficient (Wildman–Crippen LogP) is 6.09. The lowest BCUT2D eigenvalue weighted by atomic mass is 9.87. The lowest BCUT2D eigenvalue weighted by Gasteiger charge is -2.37. The first kappa shape index (κ1) is 25.6. The van der Waals surface area contributed by atoms with E-state index in [1.807, 2.05) is 57.2 Å². The van der Waals surface area contributed by atoms with Crippen LogP contribution in [0.2, 0.25) is 0 Å². The Morgan fingerprint density at radius 3 is 2.53 bits per heavy atom. The number of rotatable bonds is 7. The molecule has 0 spiro atoms. The van der Waals surface area contributed by atoms with Gasteiger partial charge in [-0.2, -0.15) is 0 Å². The van der Waals surface area contributed by atoms with Crippen LogP contribution in [0.25, 0.3) is 10.8 Å². The van der Waals surface area contributed by atoms with Crippen LogP contribution in [0.3, 0.4) is 0 Å². The number of fused-ring (bicyclic) bond motifs is 1. The number of terminal acetylenes is 1. The molecule has 2 atom stereocenters. The van der Waals surface area contributed by atoms with Crippen LogP contribution < -0.4 is 4.74 Å². The Balaban J connectivity index is 1.48. The number of piperidine rings is 1. The molecule has 1 heterocycles. The summed E-state index contributed by atoms with van der Waals surface area (Å²) in [5.74, 6) is 3.34. The highest BCUT2D eigenvalue weighted by Crippen LogP contribution is 2.32. The fourth-order valence-electron chi connectivity index (χ4n) is 4.36. The van der Waals surface area contributed by atoms with E-state index < -0.39 is 11.8 Å². The molecule has 6 nitrogen and oxygen atoms in total. The second kappa shape index (κ2) is 11.5. The average Bonchev–Trinajstić information content (AvgIpc) is 2.85. The number of hydrogen-bond acceptors (Lipinski definition) is 6. The maximum atomic E-state index is 12.3. The van der Waals surface area contributed by atoms with Crippen LogP contribution in [0.4, 0.5) is 4.79 Å². The average molecular weight is 488 g/mol. The van der Waals surface area contributed by atoms with Crippen molar-refractivity contribution in [2.24, 2.45) is 0 Å². The third-order valence-electron chi connectivity index (χ3n) is 6.02. The van der Waals surface area contributed by atoms with Crippen LogP contribution in [0.5, 0.6) is 5.75 Å². The molecular weight excluding hydrogens is 454 g/mol. The van der Waals surface area contributed by atoms with Gasteiger partial charge in [-0.1, -0.05) is 54.5 Å². The topological polar surface area (TPSA) is 57.2 Å². The van der Waals surface area contributed by atoms with Crippen LogP contribution in [0, 0.1) is 12.3 Å². The molecule has 3 aromatic rings. The van der Waals surface area contributed by atoms with Gasteiger partial charge in [-0.15, -0.1) is 11.5 Å². The summed E-state index contributed by atoms with van der Waals surface area (Å²) in [7, 11) is 0. The second-order valence-corrected chi connectivity index (χ2v) is 9.93. The Kier molecular flexibility index (Phi) is 8.14. The molecule has 36 heavy (non-hydrogen) atoms. The first-order valence-electron chi connectivity index (χ1n) is 12.2. The van der Waals surface area contributed by atoms with Crippen LogP contribution in [0.15, 0.2) is 66.7 Å². The van der Waals surface area contributed by atoms with Gasteiger partial charge >= 0.3 is 6.16 Å². The van der Waals surface area contributed by atoms with E-state index in [1.54, 1.807) is 5.06 Å². The molecule has 1 aliphatic rings. The van der Waals surface area contributed by atoms with Crippen molar-refractivity contribution in [3.8, 4) is 18.1 Å². The van der Waals surface area contributed by atoms with Crippen molar-refractivity contribution in [3.63, 3.8) is 0 Å². The molecule has 0 bridgehead atoms. The zero-order valence-electron chi connectivity index (χ0n) is 21.1. The van der Waals surface area contributed by atoms with E-state index >= 15 is 0 Å². The van der Waals surface area contributed by atoms with Crippen LogP contribution >= 0.6 is 0 Å². The molecule has 0 radical (unpaired) electrons. The molecule has 3 aromatic carbocycles. The molecule has 0 N–H and O–H groups in total. The Hall–Kier alpha value is -3.53. The highest BCUT2D eigenvalue weighted by atomic mass is 16.8. The maximum Gasteiger partial charge on any atom is 0.528 e. The maximum absolute atomic E-state index is 12.3. The summed E-state index contributed by atoms with van der Waals surface area (Å²) in [6.07, 6.45) is 5.16. The predicted molar refractivity (Wildman–Crippen MR) is 140 cm³/mol. The fourth-order valence-corrected chi connectivity index (χ4v) is 4.36. The lowest BCUT2D eigenvalue weighted by molar-refractivity contribution is -0.179. The highest BCUT2D eigenvalue weighted by molar-refractivity contribution is 5.82. The summed E-state index contributed by atoms with van der Waals surface area (Å²) < 4.78 is 17.3. The number of hydroxylamine groups is 2. The van der Waals surface area contributed by atoms with Crippen LogP contribution in [-0.4, -0.2) is 42.6 Å². The van der Waals surface area contributed by atoms with E-state index in [4.69, 9.17) is 25.5 Å². The van der Waals surface area contributed by atoms with Crippen LogP contribution in [-0.2, 0) is 20.9 Å². The van der Waals surface area contributed by atoms with Crippen molar-refractivity contribution in [2.75, 3.05) is 19.7 Å². The monoisotopic (exact) mass is 487 g/mol. The largest absolute Gasteiger partial charge is 0.528 e. The molecule has 1 aliphatic heterocycles. The van der Waals surface area contributed by atoms with Gasteiger partial charge in [0.05, 0.1) is 19.3 Å². The van der Waals surface area contributed by atoms with Gasteiger partial charge in [0.1, 0.15) is 18.0 Å². The number of hydrogen-bond donors (Lipinski definition) is 0. The van der Waals surface area contributed by atoms with Gasteiger partial charge in [-0.3, -0.25) is 0 Å². The van der Waals surface area contributed by atoms with Crippen molar-refractivity contribution in [1.82, 2.24) is 5.06 Å². The number of nitrogens with zero attached hydrogens (tertiary/aromatic N) is 1. The lowest BCUT2D eigenvalue weighted by Crippen LogP contribution is -2.45. The van der Waals surface area contributed by atoms with Gasteiger partial charge in [0, 0.05) is 12.5 Å². The smallest absolute Gasteiger partial charge is 0.481 e. The first-order chi connectivity index (χ1) is 17.3. The molecule has 2 unspecified atom stereocenters. The van der Waals surface area contributed by atoms with Crippen molar-refractivity contribution in [2.45, 2.75) is 51.4 Å². The van der Waals surface area contributed by atoms with Gasteiger partial charge in [-0.05, 0) is 67.3 Å². The van der Waals surface area contributed by atoms with Crippen molar-refractivity contribution in [3.05, 3.63) is 77.9 Å². The minimum Gasteiger partial charge on any atom is -0.481 e. The molecule has 4 rings (SSSR count). The SMILES string of the molecule is C#CCOc1ccc(C2CCN(OC(=O)OC(C)(C)C)CC2OCc2ccc3ccccc3c2)cc1. The Morgan fingerprint density at radius 2 is 1.81 bits per heavy atom. The van der Waals surface area contributed by atoms with E-state index in [1.165, 1.54) is 10.8 Å². The summed E-state index contributed by atoms with van der Waals surface area (Å²) in [6, 6.07) is 22.6. The number of carbonyl (C=O) groups is 1. The molecule has 0 aromatic heterocycles. The zero-order chi connectivity index (χ0) is 25.5. The minimum atomic E-state index is -0.704. The third-order valence-corrected chi connectivity index (χ3v) is 6.02. The third kappa shape index (κ3) is 7.00. The van der Waals surface area contributed by atoms with Crippen molar-refractivity contribution >= 4 is 16.9 Å². The van der Waals surface area contributed by atoms with Gasteiger partial charge in [0.2, 0.25) is 0 Å². The number of ether oxygens (including phenoxy) is 3. The zero-order valence-corrected chi connectivity index (χ0v) is 21.1. The normalized spacial score (nSPS) is 18.4. The van der Waals surface area contributed by atoms with Crippen molar-refractivity contribution in [1.29, 1.82) is 0 Å². The molecule has 1 saturated heterocycles. The summed E-state index contributed by atoms with van der Waals surface area (Å²) in [4.78, 5) is 17.8. The molecule has 1 fully saturated rings. The molecule has 0 saturated carbocycles. The van der Waals surface area contributed by atoms with Gasteiger partial charge in [-0.25, -0.2) is 4.79 Å². The van der Waals surface area contributed by atoms with E-state index in [2.05, 4.69) is 36.3 Å². The minimum absolute atomic E-state index is 0.130. The standard InChI is InChI=1S/C30H33NO5/c1-5-18-33-26-14-12-24(13-15-26)27-16-17-31(36-29(32)35-30(2,3)4)20-28(27)34-21-22-10-11-23-8-6-7-9-25(23)19-22/h1,6-15,19,27-28H,16-18,20-21H2,2-4H3. The number of carbonyl (C=O) groups excluding carboxylic acids is 1. The fraction of sp³-hybridized carbons (Fsp3) is 0.367. The van der Waals surface area contributed by atoms with Gasteiger partial charge < -0.3 is 19.0 Å². The Labute approximate surface area is 213 Å². The van der Waals surface area contributed by atoms with Gasteiger partial charge in [0.25, 0.3) is 0 Å². The molecule has 0 aliphatic carbocycles. The molecular formula is C30H33NO5. The van der Waals surface area contributed by atoms with Crippen molar-refractivity contribution < 1.29 is 23.8 Å². The van der Waals surface area contributed by atoms with E-state index in [-0.39, 0.29) is 18.6 Å². The van der Waals surface area contributed by atoms with E-state index in [0.717, 1.165) is 23.3 Å². The highest BCUT2D eigenvalue weighted by Gasteiger charge is 2.34. The second-order valence-electron chi connectivity index (χ2n) is 9.93. The summed E-state index contributed by atoms with van der Waals surface area (Å²) in [5.41, 5.74) is 1.61. The van der Waals surface area contributed by atoms with E-state index in [0.29, 0.717) is 19.7 Å². The first-order valence-corrected chi connectivity index (χ1v) is 12.2. The quantitative estimate of drug-likeness (QED) is 0.297. The molecule has 188 valence electrons. The summed E-state index contributed by atoms with van der Waals surface area (Å²) in [6.45, 7) is 7.14. The van der Waals surface area contributed by atoms with Crippen LogP contribution in [0.1, 0.15) is 44.2 Å². The number of benzene rings is 3. The molecule has 0 amide bonds. The summed E-state index contributed by atoms with van der Waals surface area (Å²) >= 11 is 0. The Bertz CT molecular complexity index is 1210. The Morgan fingerprint density at radius 1 is 1.06 bits per heavy atom.